The minimum atomic E-state index is -4.65. The van der Waals surface area contributed by atoms with E-state index in [4.69, 9.17) is 9.66 Å². The van der Waals surface area contributed by atoms with Crippen LogP contribution in [0.2, 0.25) is 0 Å². The maximum Gasteiger partial charge on any atom is 0.312 e. The maximum absolute atomic E-state index is 10.7. The molecule has 0 heterocycles. The Bertz CT molecular complexity index is 293. The molecule has 70 valence electrons. The standard InChI is InChI=1S/C5H9NO5S/c1-3(2)4(7)6-5(8)12(9,10)11/h5,8H,1H2,2H3,(H,6,7)(H,9,10,11). The van der Waals surface area contributed by atoms with Gasteiger partial charge in [-0.05, 0) is 6.92 Å². The number of carbonyl (C=O) groups excluding carboxylic acids is 1. The van der Waals surface area contributed by atoms with Crippen LogP contribution >= 0.6 is 0 Å². The highest BCUT2D eigenvalue weighted by Gasteiger charge is 2.21. The van der Waals surface area contributed by atoms with Gasteiger partial charge in [-0.3, -0.25) is 9.35 Å². The predicted molar refractivity (Wildman–Crippen MR) is 40.5 cm³/mol. The Morgan fingerprint density at radius 1 is 1.58 bits per heavy atom. The lowest BCUT2D eigenvalue weighted by Crippen LogP contribution is -2.40. The molecule has 0 aromatic carbocycles. The normalized spacial score (nSPS) is 13.6. The summed E-state index contributed by atoms with van der Waals surface area (Å²) in [7, 11) is -4.65. The smallest absolute Gasteiger partial charge is 0.312 e. The average Bonchev–Trinajstić information content (AvgIpc) is 1.85. The largest absolute Gasteiger partial charge is 0.359 e. The summed E-state index contributed by atoms with van der Waals surface area (Å²) in [5.74, 6) is -0.847. The van der Waals surface area contributed by atoms with E-state index in [0.717, 1.165) is 0 Å². The molecule has 7 heteroatoms. The zero-order chi connectivity index (χ0) is 9.94. The third-order valence-electron chi connectivity index (χ3n) is 0.924. The van der Waals surface area contributed by atoms with Crippen molar-refractivity contribution in [3.8, 4) is 0 Å². The highest BCUT2D eigenvalue weighted by Crippen LogP contribution is 1.92. The molecule has 0 fully saturated rings. The Balaban J connectivity index is 4.31. The first-order chi connectivity index (χ1) is 5.25. The van der Waals surface area contributed by atoms with E-state index in [-0.39, 0.29) is 5.57 Å². The van der Waals surface area contributed by atoms with Crippen molar-refractivity contribution in [2.24, 2.45) is 0 Å². The minimum absolute atomic E-state index is 0.0256. The van der Waals surface area contributed by atoms with Gasteiger partial charge in [-0.15, -0.1) is 0 Å². The van der Waals surface area contributed by atoms with Gasteiger partial charge < -0.3 is 10.4 Å². The van der Waals surface area contributed by atoms with Crippen LogP contribution in [0.4, 0.5) is 0 Å². The number of aliphatic hydroxyl groups excluding tert-OH is 1. The van der Waals surface area contributed by atoms with Crippen LogP contribution in [0.3, 0.4) is 0 Å². The number of rotatable bonds is 3. The van der Waals surface area contributed by atoms with Gasteiger partial charge in [0.2, 0.25) is 5.91 Å². The molecule has 0 aromatic heterocycles. The molecule has 1 unspecified atom stereocenters. The van der Waals surface area contributed by atoms with E-state index in [9.17, 15) is 13.2 Å². The quantitative estimate of drug-likeness (QED) is 0.299. The van der Waals surface area contributed by atoms with Crippen LogP contribution in [0.5, 0.6) is 0 Å². The molecule has 6 nitrogen and oxygen atoms in total. The third kappa shape index (κ3) is 3.46. The number of hydrogen-bond acceptors (Lipinski definition) is 4. The molecule has 0 spiro atoms. The predicted octanol–water partition coefficient (Wildman–Crippen LogP) is -1.16. The van der Waals surface area contributed by atoms with Gasteiger partial charge in [0, 0.05) is 5.57 Å². The van der Waals surface area contributed by atoms with Gasteiger partial charge in [-0.25, -0.2) is 0 Å². The molecule has 1 amide bonds. The van der Waals surface area contributed by atoms with Crippen LogP contribution in [0.15, 0.2) is 12.2 Å². The first kappa shape index (κ1) is 11.1. The van der Waals surface area contributed by atoms with Gasteiger partial charge in [0.1, 0.15) is 0 Å². The van der Waals surface area contributed by atoms with E-state index in [2.05, 4.69) is 6.58 Å². The molecule has 12 heavy (non-hydrogen) atoms. The molecule has 0 aliphatic heterocycles. The molecule has 0 saturated heterocycles. The fraction of sp³-hybridized carbons (Fsp3) is 0.400. The van der Waals surface area contributed by atoms with Gasteiger partial charge >= 0.3 is 10.1 Å². The maximum atomic E-state index is 10.7. The molecular formula is C5H9NO5S. The molecule has 0 bridgehead atoms. The van der Waals surface area contributed by atoms with Crippen molar-refractivity contribution in [2.45, 2.75) is 12.5 Å². The summed E-state index contributed by atoms with van der Waals surface area (Å²) in [5, 5.41) is 10.2. The van der Waals surface area contributed by atoms with Crippen LogP contribution in [-0.2, 0) is 14.9 Å². The van der Waals surface area contributed by atoms with E-state index >= 15 is 0 Å². The van der Waals surface area contributed by atoms with E-state index in [1.165, 1.54) is 6.92 Å². The van der Waals surface area contributed by atoms with Gasteiger partial charge in [0.05, 0.1) is 0 Å². The molecule has 0 rings (SSSR count). The number of hydrogen-bond donors (Lipinski definition) is 3. The van der Waals surface area contributed by atoms with Crippen molar-refractivity contribution in [3.05, 3.63) is 12.2 Å². The Labute approximate surface area is 69.6 Å². The van der Waals surface area contributed by atoms with Gasteiger partial charge in [0.15, 0.2) is 0 Å². The summed E-state index contributed by atoms with van der Waals surface area (Å²) in [4.78, 5) is 10.7. The number of carbonyl (C=O) groups is 1. The van der Waals surface area contributed by atoms with Gasteiger partial charge in [0.25, 0.3) is 5.56 Å². The molecule has 0 aliphatic carbocycles. The van der Waals surface area contributed by atoms with Crippen LogP contribution < -0.4 is 5.32 Å². The summed E-state index contributed by atoms with van der Waals surface area (Å²) in [6, 6.07) is 0. The van der Waals surface area contributed by atoms with E-state index in [0.29, 0.717) is 0 Å². The van der Waals surface area contributed by atoms with Crippen molar-refractivity contribution >= 4 is 16.0 Å². The SMILES string of the molecule is C=C(C)C(=O)NC(O)S(=O)(=O)O. The summed E-state index contributed by atoms with van der Waals surface area (Å²) < 4.78 is 28.5. The van der Waals surface area contributed by atoms with Crippen LogP contribution in [0.1, 0.15) is 6.92 Å². The topological polar surface area (TPSA) is 104 Å². The Morgan fingerprint density at radius 2 is 2.00 bits per heavy atom. The number of amides is 1. The van der Waals surface area contributed by atoms with Gasteiger partial charge in [-0.2, -0.15) is 8.42 Å². The monoisotopic (exact) mass is 195 g/mol. The van der Waals surface area contributed by atoms with Crippen molar-refractivity contribution in [1.82, 2.24) is 5.32 Å². The van der Waals surface area contributed by atoms with Crippen LogP contribution in [0.25, 0.3) is 0 Å². The number of nitrogens with one attached hydrogen (secondary N) is 1. The Kier molecular flexibility index (Phi) is 3.37. The third-order valence-corrected chi connectivity index (χ3v) is 1.61. The van der Waals surface area contributed by atoms with Crippen molar-refractivity contribution in [3.63, 3.8) is 0 Å². The van der Waals surface area contributed by atoms with Crippen molar-refractivity contribution in [1.29, 1.82) is 0 Å². The summed E-state index contributed by atoms with van der Waals surface area (Å²) in [6.07, 6.45) is 0. The second kappa shape index (κ2) is 3.65. The molecule has 0 aromatic rings. The van der Waals surface area contributed by atoms with E-state index in [1.807, 2.05) is 0 Å². The van der Waals surface area contributed by atoms with Crippen LogP contribution in [-0.4, -0.2) is 29.5 Å². The molecule has 1 atom stereocenters. The highest BCUT2D eigenvalue weighted by molar-refractivity contribution is 7.86. The van der Waals surface area contributed by atoms with Crippen molar-refractivity contribution in [2.75, 3.05) is 0 Å². The first-order valence-electron chi connectivity index (χ1n) is 2.86. The summed E-state index contributed by atoms with van der Waals surface area (Å²) in [5.41, 5.74) is -2.28. The molecule has 0 aliphatic rings. The van der Waals surface area contributed by atoms with E-state index < -0.39 is 21.6 Å². The van der Waals surface area contributed by atoms with Gasteiger partial charge in [-0.1, -0.05) is 6.58 Å². The summed E-state index contributed by atoms with van der Waals surface area (Å²) >= 11 is 0. The van der Waals surface area contributed by atoms with Crippen molar-refractivity contribution < 1.29 is 22.9 Å². The fourth-order valence-electron chi connectivity index (χ4n) is 0.310. The Morgan fingerprint density at radius 3 is 2.25 bits per heavy atom. The molecule has 3 N–H and O–H groups in total. The minimum Gasteiger partial charge on any atom is -0.359 e. The zero-order valence-electron chi connectivity index (χ0n) is 6.31. The highest BCUT2D eigenvalue weighted by atomic mass is 32.2. The second-order valence-electron chi connectivity index (χ2n) is 2.12. The first-order valence-corrected chi connectivity index (χ1v) is 4.36. The number of aliphatic hydroxyl groups is 1. The molecular weight excluding hydrogens is 186 g/mol. The lowest BCUT2D eigenvalue weighted by Gasteiger charge is -2.08. The van der Waals surface area contributed by atoms with E-state index in [1.54, 1.807) is 5.32 Å². The fourth-order valence-corrected chi connectivity index (χ4v) is 0.566. The van der Waals surface area contributed by atoms with Crippen LogP contribution in [0, 0.1) is 0 Å². The zero-order valence-corrected chi connectivity index (χ0v) is 7.13. The lowest BCUT2D eigenvalue weighted by molar-refractivity contribution is -0.119. The summed E-state index contributed by atoms with van der Waals surface area (Å²) in [6.45, 7) is 4.52. The second-order valence-corrected chi connectivity index (χ2v) is 3.60. The average molecular weight is 195 g/mol. The Hall–Kier alpha value is -0.920. The molecule has 0 saturated carbocycles. The lowest BCUT2D eigenvalue weighted by atomic mass is 10.3. The molecule has 0 radical (unpaired) electrons.